The van der Waals surface area contributed by atoms with Crippen molar-refractivity contribution >= 4 is 28.7 Å². The Hall–Kier alpha value is -2.05. The van der Waals surface area contributed by atoms with E-state index in [1.165, 1.54) is 6.26 Å². The Bertz CT molecular complexity index is 799. The van der Waals surface area contributed by atoms with Crippen LogP contribution in [0.1, 0.15) is 6.92 Å². The number of rotatable bonds is 2. The topological polar surface area (TPSA) is 67.3 Å². The van der Waals surface area contributed by atoms with E-state index < -0.39 is 0 Å². The molecule has 1 atom stereocenters. The number of fused-ring (bicyclic) bond motifs is 1. The van der Waals surface area contributed by atoms with Crippen LogP contribution in [0, 0.1) is 0 Å². The lowest BCUT2D eigenvalue weighted by atomic mass is 10.1. The summed E-state index contributed by atoms with van der Waals surface area (Å²) in [5, 5.41) is 7.92. The summed E-state index contributed by atoms with van der Waals surface area (Å²) in [4.78, 5) is 6.77. The number of benzene rings is 1. The lowest BCUT2D eigenvalue weighted by Gasteiger charge is -2.32. The molecule has 3 aromatic rings. The van der Waals surface area contributed by atoms with Gasteiger partial charge in [0.25, 0.3) is 6.01 Å². The van der Waals surface area contributed by atoms with Crippen molar-refractivity contribution in [2.75, 3.05) is 24.5 Å². The summed E-state index contributed by atoms with van der Waals surface area (Å²) in [6.07, 6.45) is 1.53. The van der Waals surface area contributed by atoms with Crippen molar-refractivity contribution in [1.29, 1.82) is 0 Å². The van der Waals surface area contributed by atoms with Crippen LogP contribution >= 0.6 is 11.6 Å². The Morgan fingerprint density at radius 1 is 1.41 bits per heavy atom. The van der Waals surface area contributed by atoms with Gasteiger partial charge in [-0.25, -0.2) is 0 Å². The Kier molecular flexibility index (Phi) is 3.28. The molecule has 1 aliphatic heterocycles. The van der Waals surface area contributed by atoms with Crippen LogP contribution in [0.2, 0.25) is 5.02 Å². The minimum Gasteiger partial charge on any atom is -0.423 e. The van der Waals surface area contributed by atoms with Gasteiger partial charge in [0, 0.05) is 36.8 Å². The molecule has 114 valence electrons. The number of aromatic nitrogens is 2. The second-order valence-electron chi connectivity index (χ2n) is 5.43. The molecule has 4 rings (SSSR count). The van der Waals surface area contributed by atoms with Crippen LogP contribution < -0.4 is 10.2 Å². The first-order chi connectivity index (χ1) is 10.7. The van der Waals surface area contributed by atoms with E-state index in [-0.39, 0.29) is 0 Å². The van der Waals surface area contributed by atoms with E-state index in [9.17, 15) is 0 Å². The second-order valence-corrected chi connectivity index (χ2v) is 5.87. The number of hydrogen-bond acceptors (Lipinski definition) is 6. The number of hydrogen-bond donors (Lipinski definition) is 1. The van der Waals surface area contributed by atoms with Crippen molar-refractivity contribution in [1.82, 2.24) is 15.5 Å². The van der Waals surface area contributed by atoms with Gasteiger partial charge in [-0.3, -0.25) is 0 Å². The molecule has 1 aliphatic rings. The third-order valence-electron chi connectivity index (χ3n) is 3.90. The summed E-state index contributed by atoms with van der Waals surface area (Å²) in [5.74, 6) is 0. The van der Waals surface area contributed by atoms with Crippen LogP contribution in [0.5, 0.6) is 0 Å². The lowest BCUT2D eigenvalue weighted by Crippen LogP contribution is -2.50. The fourth-order valence-electron chi connectivity index (χ4n) is 2.78. The summed E-state index contributed by atoms with van der Waals surface area (Å²) in [6, 6.07) is 6.35. The normalized spacial score (nSPS) is 19.0. The molecule has 7 heteroatoms. The third kappa shape index (κ3) is 2.24. The summed E-state index contributed by atoms with van der Waals surface area (Å²) in [7, 11) is 0. The zero-order chi connectivity index (χ0) is 15.1. The number of halogens is 1. The SMILES string of the molecule is C[C@H]1CNCCN1c1nc2cc(Cl)cc(-c3ccon3)c2o1. The largest absolute Gasteiger partial charge is 0.423 e. The molecule has 0 spiro atoms. The first-order valence-electron chi connectivity index (χ1n) is 7.20. The number of anilines is 1. The highest BCUT2D eigenvalue weighted by Crippen LogP contribution is 2.34. The van der Waals surface area contributed by atoms with E-state index in [0.717, 1.165) is 30.7 Å². The molecule has 0 aliphatic carbocycles. The molecular weight excluding hydrogens is 304 g/mol. The molecule has 0 radical (unpaired) electrons. The molecule has 3 heterocycles. The zero-order valence-corrected chi connectivity index (χ0v) is 12.8. The van der Waals surface area contributed by atoms with E-state index in [0.29, 0.717) is 28.4 Å². The summed E-state index contributed by atoms with van der Waals surface area (Å²) >= 11 is 6.20. The summed E-state index contributed by atoms with van der Waals surface area (Å²) < 4.78 is 11.0. The van der Waals surface area contributed by atoms with Gasteiger partial charge in [-0.2, -0.15) is 4.98 Å². The van der Waals surface area contributed by atoms with E-state index >= 15 is 0 Å². The highest BCUT2D eigenvalue weighted by atomic mass is 35.5. The first kappa shape index (κ1) is 13.6. The molecule has 6 nitrogen and oxygen atoms in total. The van der Waals surface area contributed by atoms with Gasteiger partial charge in [-0.1, -0.05) is 16.8 Å². The third-order valence-corrected chi connectivity index (χ3v) is 4.12. The van der Waals surface area contributed by atoms with Crippen LogP contribution in [0.15, 0.2) is 33.4 Å². The zero-order valence-electron chi connectivity index (χ0n) is 12.0. The fourth-order valence-corrected chi connectivity index (χ4v) is 2.99. The predicted molar refractivity (Wildman–Crippen MR) is 84.2 cm³/mol. The van der Waals surface area contributed by atoms with Crippen molar-refractivity contribution in [3.8, 4) is 11.3 Å². The van der Waals surface area contributed by atoms with E-state index in [1.807, 2.05) is 6.07 Å². The smallest absolute Gasteiger partial charge is 0.298 e. The van der Waals surface area contributed by atoms with E-state index in [2.05, 4.69) is 27.3 Å². The van der Waals surface area contributed by atoms with Crippen molar-refractivity contribution in [3.63, 3.8) is 0 Å². The molecule has 0 amide bonds. The average molecular weight is 319 g/mol. The van der Waals surface area contributed by atoms with Crippen LogP contribution in [0.4, 0.5) is 6.01 Å². The second kappa shape index (κ2) is 5.30. The number of nitrogens with one attached hydrogen (secondary N) is 1. The highest BCUT2D eigenvalue weighted by molar-refractivity contribution is 6.31. The average Bonchev–Trinajstić information content (AvgIpc) is 3.15. The maximum absolute atomic E-state index is 6.20. The number of oxazole rings is 1. The number of piperazine rings is 1. The predicted octanol–water partition coefficient (Wildman–Crippen LogP) is 2.93. The highest BCUT2D eigenvalue weighted by Gasteiger charge is 2.24. The van der Waals surface area contributed by atoms with Gasteiger partial charge >= 0.3 is 0 Å². The minimum atomic E-state index is 0.327. The monoisotopic (exact) mass is 318 g/mol. The molecule has 1 fully saturated rings. The molecule has 0 unspecified atom stereocenters. The van der Waals surface area contributed by atoms with Crippen LogP contribution in [-0.4, -0.2) is 35.8 Å². The van der Waals surface area contributed by atoms with Crippen LogP contribution in [0.3, 0.4) is 0 Å². The Labute approximate surface area is 132 Å². The minimum absolute atomic E-state index is 0.327. The maximum Gasteiger partial charge on any atom is 0.298 e. The fraction of sp³-hybridized carbons (Fsp3) is 0.333. The quantitative estimate of drug-likeness (QED) is 0.783. The van der Waals surface area contributed by atoms with Crippen LogP contribution in [-0.2, 0) is 0 Å². The Balaban J connectivity index is 1.85. The molecule has 22 heavy (non-hydrogen) atoms. The number of nitrogens with zero attached hydrogens (tertiary/aromatic N) is 3. The van der Waals surface area contributed by atoms with Gasteiger partial charge in [-0.05, 0) is 19.1 Å². The van der Waals surface area contributed by atoms with Crippen molar-refractivity contribution < 1.29 is 8.94 Å². The molecule has 1 aromatic carbocycles. The summed E-state index contributed by atoms with van der Waals surface area (Å²) in [6.45, 7) is 4.84. The van der Waals surface area contributed by atoms with E-state index in [4.69, 9.17) is 20.5 Å². The van der Waals surface area contributed by atoms with Gasteiger partial charge in [0.05, 0.1) is 5.56 Å². The van der Waals surface area contributed by atoms with Crippen LogP contribution in [0.25, 0.3) is 22.4 Å². The van der Waals surface area contributed by atoms with Crippen molar-refractivity contribution in [2.45, 2.75) is 13.0 Å². The summed E-state index contributed by atoms with van der Waals surface area (Å²) in [5.41, 5.74) is 2.88. The molecule has 2 aromatic heterocycles. The molecule has 1 N–H and O–H groups in total. The molecular formula is C15H15ClN4O2. The van der Waals surface area contributed by atoms with E-state index in [1.54, 1.807) is 12.1 Å². The molecule has 1 saturated heterocycles. The molecule has 0 saturated carbocycles. The van der Waals surface area contributed by atoms with Gasteiger partial charge in [0.2, 0.25) is 0 Å². The van der Waals surface area contributed by atoms with Gasteiger partial charge in [-0.15, -0.1) is 0 Å². The lowest BCUT2D eigenvalue weighted by molar-refractivity contribution is 0.422. The van der Waals surface area contributed by atoms with Gasteiger partial charge in [0.15, 0.2) is 5.58 Å². The standard InChI is InChI=1S/C15H15ClN4O2/c1-9-8-17-3-4-20(9)15-18-13-7-10(16)6-11(14(13)22-15)12-2-5-21-19-12/h2,5-7,9,17H,3-4,8H2,1H3/t9-/m0/s1. The maximum atomic E-state index is 6.20. The van der Waals surface area contributed by atoms with Gasteiger partial charge < -0.3 is 19.2 Å². The Morgan fingerprint density at radius 2 is 2.32 bits per heavy atom. The molecule has 0 bridgehead atoms. The van der Waals surface area contributed by atoms with Crippen molar-refractivity contribution in [3.05, 3.63) is 29.5 Å². The Morgan fingerprint density at radius 3 is 3.09 bits per heavy atom. The van der Waals surface area contributed by atoms with Gasteiger partial charge in [0.1, 0.15) is 17.5 Å². The first-order valence-corrected chi connectivity index (χ1v) is 7.58. The van der Waals surface area contributed by atoms with Crippen molar-refractivity contribution in [2.24, 2.45) is 0 Å².